The van der Waals surface area contributed by atoms with E-state index in [2.05, 4.69) is 16.7 Å². The number of amides is 1. The molecule has 1 atom stereocenters. The molecular formula is C17H18N2O2. The third-order valence-corrected chi connectivity index (χ3v) is 3.50. The highest BCUT2D eigenvalue weighted by atomic mass is 16.5. The fourth-order valence-electron chi connectivity index (χ4n) is 2.55. The van der Waals surface area contributed by atoms with E-state index in [1.165, 1.54) is 12.5 Å². The van der Waals surface area contributed by atoms with Crippen molar-refractivity contribution in [2.45, 2.75) is 19.4 Å². The van der Waals surface area contributed by atoms with Crippen LogP contribution in [0.2, 0.25) is 0 Å². The van der Waals surface area contributed by atoms with Gasteiger partial charge in [-0.15, -0.1) is 0 Å². The molecule has 0 saturated heterocycles. The van der Waals surface area contributed by atoms with Gasteiger partial charge in [-0.25, -0.2) is 0 Å². The lowest BCUT2D eigenvalue weighted by Crippen LogP contribution is -2.20. The van der Waals surface area contributed by atoms with Crippen LogP contribution in [0.3, 0.4) is 0 Å². The summed E-state index contributed by atoms with van der Waals surface area (Å²) >= 11 is 0. The van der Waals surface area contributed by atoms with Gasteiger partial charge in [-0.3, -0.25) is 4.79 Å². The molecule has 0 aliphatic carbocycles. The molecular weight excluding hydrogens is 264 g/mol. The summed E-state index contributed by atoms with van der Waals surface area (Å²) in [6, 6.07) is 16.1. The summed E-state index contributed by atoms with van der Waals surface area (Å²) < 4.78 is 5.67. The van der Waals surface area contributed by atoms with Crippen LogP contribution in [0.5, 0.6) is 5.75 Å². The summed E-state index contributed by atoms with van der Waals surface area (Å²) in [6.45, 7) is 2.23. The Morgan fingerprint density at radius 1 is 1.10 bits per heavy atom. The van der Waals surface area contributed by atoms with Crippen molar-refractivity contribution < 1.29 is 9.53 Å². The van der Waals surface area contributed by atoms with E-state index in [0.29, 0.717) is 0 Å². The van der Waals surface area contributed by atoms with E-state index in [1.807, 2.05) is 42.5 Å². The molecule has 1 aliphatic heterocycles. The molecule has 2 N–H and O–H groups in total. The molecule has 2 aromatic rings. The molecule has 4 nitrogen and oxygen atoms in total. The Morgan fingerprint density at radius 2 is 1.81 bits per heavy atom. The van der Waals surface area contributed by atoms with Crippen LogP contribution in [0, 0.1) is 0 Å². The predicted octanol–water partition coefficient (Wildman–Crippen LogP) is 3.58. The summed E-state index contributed by atoms with van der Waals surface area (Å²) in [6.07, 6.45) is 0.935. The normalized spacial score (nSPS) is 16.5. The second kappa shape index (κ2) is 5.87. The number of para-hydroxylation sites is 1. The standard InChI is InChI=1S/C17H18N2O2/c1-12(20)18-13-6-8-14(9-7-13)19-16-10-11-21-17-5-3-2-4-15(16)17/h2-9,16,19H,10-11H2,1H3,(H,18,20). The number of hydrogen-bond donors (Lipinski definition) is 2. The zero-order chi connectivity index (χ0) is 14.7. The second-order valence-corrected chi connectivity index (χ2v) is 5.13. The number of nitrogens with one attached hydrogen (secondary N) is 2. The van der Waals surface area contributed by atoms with E-state index < -0.39 is 0 Å². The minimum atomic E-state index is -0.0611. The molecule has 0 spiro atoms. The van der Waals surface area contributed by atoms with Gasteiger partial charge in [0.1, 0.15) is 5.75 Å². The molecule has 4 heteroatoms. The maximum Gasteiger partial charge on any atom is 0.221 e. The monoisotopic (exact) mass is 282 g/mol. The smallest absolute Gasteiger partial charge is 0.221 e. The van der Waals surface area contributed by atoms with Gasteiger partial charge in [-0.2, -0.15) is 0 Å². The lowest BCUT2D eigenvalue weighted by Gasteiger charge is -2.27. The molecule has 21 heavy (non-hydrogen) atoms. The lowest BCUT2D eigenvalue weighted by atomic mass is 10.0. The Bertz CT molecular complexity index is 637. The van der Waals surface area contributed by atoms with Crippen LogP contribution in [0.4, 0.5) is 11.4 Å². The van der Waals surface area contributed by atoms with E-state index in [-0.39, 0.29) is 11.9 Å². The molecule has 2 aromatic carbocycles. The SMILES string of the molecule is CC(=O)Nc1ccc(NC2CCOc3ccccc32)cc1. The highest BCUT2D eigenvalue weighted by Gasteiger charge is 2.20. The molecule has 0 aromatic heterocycles. The van der Waals surface area contributed by atoms with Crippen LogP contribution in [-0.4, -0.2) is 12.5 Å². The molecule has 3 rings (SSSR count). The van der Waals surface area contributed by atoms with E-state index in [1.54, 1.807) is 0 Å². The van der Waals surface area contributed by atoms with Gasteiger partial charge < -0.3 is 15.4 Å². The average Bonchev–Trinajstić information content (AvgIpc) is 2.49. The number of anilines is 2. The second-order valence-electron chi connectivity index (χ2n) is 5.13. The largest absolute Gasteiger partial charge is 0.493 e. The first-order valence-electron chi connectivity index (χ1n) is 7.08. The highest BCUT2D eigenvalue weighted by molar-refractivity contribution is 5.88. The van der Waals surface area contributed by atoms with Crippen LogP contribution in [-0.2, 0) is 4.79 Å². The van der Waals surface area contributed by atoms with Gasteiger partial charge >= 0.3 is 0 Å². The van der Waals surface area contributed by atoms with Gasteiger partial charge in [0.2, 0.25) is 5.91 Å². The van der Waals surface area contributed by atoms with Crippen LogP contribution < -0.4 is 15.4 Å². The minimum Gasteiger partial charge on any atom is -0.493 e. The molecule has 1 heterocycles. The van der Waals surface area contributed by atoms with Crippen molar-refractivity contribution in [3.05, 3.63) is 54.1 Å². The first kappa shape index (κ1) is 13.5. The highest BCUT2D eigenvalue weighted by Crippen LogP contribution is 2.34. The Balaban J connectivity index is 1.74. The maximum absolute atomic E-state index is 11.0. The number of fused-ring (bicyclic) bond motifs is 1. The van der Waals surface area contributed by atoms with Gasteiger partial charge in [0.05, 0.1) is 12.6 Å². The number of ether oxygens (including phenoxy) is 1. The summed E-state index contributed by atoms with van der Waals surface area (Å²) in [7, 11) is 0. The quantitative estimate of drug-likeness (QED) is 0.904. The number of hydrogen-bond acceptors (Lipinski definition) is 3. The molecule has 1 amide bonds. The summed E-state index contributed by atoms with van der Waals surface area (Å²) in [5.74, 6) is 0.894. The minimum absolute atomic E-state index is 0.0611. The van der Waals surface area contributed by atoms with Gasteiger partial charge in [0.15, 0.2) is 0 Å². The lowest BCUT2D eigenvalue weighted by molar-refractivity contribution is -0.114. The first-order valence-corrected chi connectivity index (χ1v) is 7.08. The first-order chi connectivity index (χ1) is 10.2. The number of carbonyl (C=O) groups is 1. The van der Waals surface area contributed by atoms with Crippen molar-refractivity contribution in [2.75, 3.05) is 17.2 Å². The van der Waals surface area contributed by atoms with E-state index in [9.17, 15) is 4.79 Å². The van der Waals surface area contributed by atoms with Crippen LogP contribution in [0.15, 0.2) is 48.5 Å². The predicted molar refractivity (Wildman–Crippen MR) is 83.7 cm³/mol. The molecule has 0 saturated carbocycles. The zero-order valence-electron chi connectivity index (χ0n) is 11.9. The van der Waals surface area contributed by atoms with Crippen LogP contribution >= 0.6 is 0 Å². The van der Waals surface area contributed by atoms with Crippen molar-refractivity contribution in [1.29, 1.82) is 0 Å². The third kappa shape index (κ3) is 3.16. The zero-order valence-corrected chi connectivity index (χ0v) is 11.9. The summed E-state index contributed by atoms with van der Waals surface area (Å²) in [4.78, 5) is 11.0. The van der Waals surface area contributed by atoms with E-state index >= 15 is 0 Å². The van der Waals surface area contributed by atoms with Crippen LogP contribution in [0.1, 0.15) is 24.9 Å². The van der Waals surface area contributed by atoms with Gasteiger partial charge in [0, 0.05) is 30.3 Å². The van der Waals surface area contributed by atoms with Crippen molar-refractivity contribution in [3.8, 4) is 5.75 Å². The van der Waals surface area contributed by atoms with Gasteiger partial charge in [-0.05, 0) is 30.3 Å². The van der Waals surface area contributed by atoms with Crippen molar-refractivity contribution >= 4 is 17.3 Å². The Hall–Kier alpha value is -2.49. The van der Waals surface area contributed by atoms with Gasteiger partial charge in [0.25, 0.3) is 0 Å². The van der Waals surface area contributed by atoms with Crippen molar-refractivity contribution in [2.24, 2.45) is 0 Å². The molecule has 108 valence electrons. The average molecular weight is 282 g/mol. The van der Waals surface area contributed by atoms with Gasteiger partial charge in [-0.1, -0.05) is 18.2 Å². The Morgan fingerprint density at radius 3 is 2.57 bits per heavy atom. The number of benzene rings is 2. The summed E-state index contributed by atoms with van der Waals surface area (Å²) in [5.41, 5.74) is 3.03. The topological polar surface area (TPSA) is 50.4 Å². The Kier molecular flexibility index (Phi) is 3.77. The Labute approximate surface area is 124 Å². The number of rotatable bonds is 3. The molecule has 1 aliphatic rings. The van der Waals surface area contributed by atoms with E-state index in [0.717, 1.165) is 30.2 Å². The fraction of sp³-hybridized carbons (Fsp3) is 0.235. The molecule has 0 bridgehead atoms. The molecule has 0 fully saturated rings. The third-order valence-electron chi connectivity index (χ3n) is 3.50. The van der Waals surface area contributed by atoms with Crippen LogP contribution in [0.25, 0.3) is 0 Å². The molecule has 0 radical (unpaired) electrons. The summed E-state index contributed by atoms with van der Waals surface area (Å²) in [5, 5.41) is 6.29. The van der Waals surface area contributed by atoms with E-state index in [4.69, 9.17) is 4.74 Å². The molecule has 1 unspecified atom stereocenters. The van der Waals surface area contributed by atoms with Crippen molar-refractivity contribution in [3.63, 3.8) is 0 Å². The number of carbonyl (C=O) groups excluding carboxylic acids is 1. The van der Waals surface area contributed by atoms with Crippen molar-refractivity contribution in [1.82, 2.24) is 0 Å². The maximum atomic E-state index is 11.0. The fourth-order valence-corrected chi connectivity index (χ4v) is 2.55.